The van der Waals surface area contributed by atoms with Gasteiger partial charge >= 0.3 is 6.09 Å². The first-order valence-electron chi connectivity index (χ1n) is 7.32. The fourth-order valence-electron chi connectivity index (χ4n) is 1.82. The number of carbonyl (C=O) groups is 2. The van der Waals surface area contributed by atoms with E-state index in [1.807, 2.05) is 27.0 Å². The van der Waals surface area contributed by atoms with Crippen molar-refractivity contribution in [1.82, 2.24) is 10.3 Å². The molecule has 0 aliphatic heterocycles. The SMILES string of the molecule is CSc1ncccc1C(=O)CCCCNC(=O)OC(C)(C)C. The minimum absolute atomic E-state index is 0.0923. The summed E-state index contributed by atoms with van der Waals surface area (Å²) in [5.74, 6) is 0.0923. The molecule has 0 radical (unpaired) electrons. The molecule has 0 aliphatic carbocycles. The van der Waals surface area contributed by atoms with Gasteiger partial charge in [0.25, 0.3) is 0 Å². The van der Waals surface area contributed by atoms with E-state index < -0.39 is 11.7 Å². The van der Waals surface area contributed by atoms with Crippen LogP contribution in [-0.2, 0) is 4.74 Å². The molecule has 1 rings (SSSR count). The molecule has 1 aromatic rings. The minimum Gasteiger partial charge on any atom is -0.444 e. The molecule has 0 aliphatic rings. The van der Waals surface area contributed by atoms with Gasteiger partial charge in [0.05, 0.1) is 0 Å². The van der Waals surface area contributed by atoms with E-state index >= 15 is 0 Å². The Morgan fingerprint density at radius 3 is 2.68 bits per heavy atom. The van der Waals surface area contributed by atoms with Gasteiger partial charge in [-0.2, -0.15) is 0 Å². The van der Waals surface area contributed by atoms with Gasteiger partial charge in [0, 0.05) is 24.7 Å². The Balaban J connectivity index is 2.27. The fraction of sp³-hybridized carbons (Fsp3) is 0.562. The smallest absolute Gasteiger partial charge is 0.407 e. The number of ether oxygens (including phenoxy) is 1. The Morgan fingerprint density at radius 2 is 2.05 bits per heavy atom. The van der Waals surface area contributed by atoms with E-state index in [9.17, 15) is 9.59 Å². The Kier molecular flexibility index (Phi) is 7.38. The number of nitrogens with zero attached hydrogens (tertiary/aromatic N) is 1. The van der Waals surface area contributed by atoms with Crippen LogP contribution in [0.25, 0.3) is 0 Å². The first kappa shape index (κ1) is 18.5. The first-order valence-corrected chi connectivity index (χ1v) is 8.55. The van der Waals surface area contributed by atoms with Gasteiger partial charge in [-0.3, -0.25) is 4.79 Å². The zero-order chi connectivity index (χ0) is 16.6. The molecule has 0 fully saturated rings. The molecule has 0 bridgehead atoms. The topological polar surface area (TPSA) is 68.3 Å². The summed E-state index contributed by atoms with van der Waals surface area (Å²) in [6.45, 7) is 5.97. The third-order valence-corrected chi connectivity index (χ3v) is 3.48. The van der Waals surface area contributed by atoms with Crippen molar-refractivity contribution >= 4 is 23.6 Å². The zero-order valence-electron chi connectivity index (χ0n) is 13.6. The van der Waals surface area contributed by atoms with Crippen LogP contribution in [0.15, 0.2) is 23.4 Å². The average Bonchev–Trinajstić information content (AvgIpc) is 2.44. The van der Waals surface area contributed by atoms with Gasteiger partial charge in [-0.15, -0.1) is 11.8 Å². The molecular formula is C16H24N2O3S. The second-order valence-corrected chi connectivity index (χ2v) is 6.66. The van der Waals surface area contributed by atoms with Crippen molar-refractivity contribution < 1.29 is 14.3 Å². The molecule has 1 N–H and O–H groups in total. The number of nitrogens with one attached hydrogen (secondary N) is 1. The molecule has 1 heterocycles. The number of rotatable bonds is 7. The van der Waals surface area contributed by atoms with Gasteiger partial charge in [0.15, 0.2) is 5.78 Å². The third-order valence-electron chi connectivity index (χ3n) is 2.76. The highest BCUT2D eigenvalue weighted by molar-refractivity contribution is 7.98. The summed E-state index contributed by atoms with van der Waals surface area (Å²) < 4.78 is 5.14. The lowest BCUT2D eigenvalue weighted by molar-refractivity contribution is 0.0527. The molecule has 22 heavy (non-hydrogen) atoms. The summed E-state index contributed by atoms with van der Waals surface area (Å²) in [6.07, 6.45) is 5.08. The van der Waals surface area contributed by atoms with Gasteiger partial charge in [0.2, 0.25) is 0 Å². The number of hydrogen-bond acceptors (Lipinski definition) is 5. The predicted molar refractivity (Wildman–Crippen MR) is 88.4 cm³/mol. The maximum atomic E-state index is 12.1. The van der Waals surface area contributed by atoms with E-state index in [4.69, 9.17) is 4.74 Å². The summed E-state index contributed by atoms with van der Waals surface area (Å²) >= 11 is 1.47. The molecule has 122 valence electrons. The van der Waals surface area contributed by atoms with Crippen molar-refractivity contribution in [3.8, 4) is 0 Å². The van der Waals surface area contributed by atoms with Crippen LogP contribution in [0.1, 0.15) is 50.4 Å². The van der Waals surface area contributed by atoms with E-state index in [2.05, 4.69) is 10.3 Å². The Labute approximate surface area is 136 Å². The molecule has 1 aromatic heterocycles. The first-order chi connectivity index (χ1) is 10.3. The van der Waals surface area contributed by atoms with E-state index in [0.29, 0.717) is 18.5 Å². The van der Waals surface area contributed by atoms with E-state index in [0.717, 1.165) is 17.9 Å². The number of hydrogen-bond donors (Lipinski definition) is 1. The van der Waals surface area contributed by atoms with Crippen LogP contribution in [0.3, 0.4) is 0 Å². The van der Waals surface area contributed by atoms with E-state index in [-0.39, 0.29) is 5.78 Å². The van der Waals surface area contributed by atoms with Gasteiger partial charge in [0.1, 0.15) is 10.6 Å². The molecule has 1 amide bonds. The summed E-state index contributed by atoms with van der Waals surface area (Å²) in [4.78, 5) is 27.8. The van der Waals surface area contributed by atoms with Crippen molar-refractivity contribution in [2.24, 2.45) is 0 Å². The summed E-state index contributed by atoms with van der Waals surface area (Å²) in [5.41, 5.74) is 0.185. The van der Waals surface area contributed by atoms with Crippen LogP contribution >= 0.6 is 11.8 Å². The number of thioether (sulfide) groups is 1. The van der Waals surface area contributed by atoms with Gasteiger partial charge in [-0.1, -0.05) is 0 Å². The molecule has 0 unspecified atom stereocenters. The number of amides is 1. The Morgan fingerprint density at radius 1 is 1.32 bits per heavy atom. The normalized spacial score (nSPS) is 11.1. The monoisotopic (exact) mass is 324 g/mol. The maximum Gasteiger partial charge on any atom is 0.407 e. The van der Waals surface area contributed by atoms with Gasteiger partial charge in [-0.25, -0.2) is 9.78 Å². The standard InChI is InChI=1S/C16H24N2O3S/c1-16(2,3)21-15(20)18-10-6-5-9-13(19)12-8-7-11-17-14(12)22-4/h7-8,11H,5-6,9-10H2,1-4H3,(H,18,20). The molecule has 0 saturated heterocycles. The Hall–Kier alpha value is -1.56. The Bertz CT molecular complexity index is 512. The third kappa shape index (κ3) is 6.93. The van der Waals surface area contributed by atoms with Gasteiger partial charge < -0.3 is 10.1 Å². The minimum atomic E-state index is -0.491. The number of aromatic nitrogens is 1. The highest BCUT2D eigenvalue weighted by Gasteiger charge is 2.15. The highest BCUT2D eigenvalue weighted by atomic mass is 32.2. The molecule has 5 nitrogen and oxygen atoms in total. The summed E-state index contributed by atoms with van der Waals surface area (Å²) in [5, 5.41) is 3.45. The van der Waals surface area contributed by atoms with Crippen molar-refractivity contribution in [1.29, 1.82) is 0 Å². The van der Waals surface area contributed by atoms with Crippen LogP contribution in [-0.4, -0.2) is 35.3 Å². The highest BCUT2D eigenvalue weighted by Crippen LogP contribution is 2.19. The van der Waals surface area contributed by atoms with Crippen molar-refractivity contribution in [2.75, 3.05) is 12.8 Å². The van der Waals surface area contributed by atoms with Crippen molar-refractivity contribution in [3.05, 3.63) is 23.9 Å². The van der Waals surface area contributed by atoms with E-state index in [1.165, 1.54) is 11.8 Å². The fourth-order valence-corrected chi connectivity index (χ4v) is 2.38. The average molecular weight is 324 g/mol. The van der Waals surface area contributed by atoms with Crippen molar-refractivity contribution in [3.63, 3.8) is 0 Å². The number of carbonyl (C=O) groups excluding carboxylic acids is 2. The number of pyridine rings is 1. The van der Waals surface area contributed by atoms with Crippen molar-refractivity contribution in [2.45, 2.75) is 50.7 Å². The van der Waals surface area contributed by atoms with Crippen LogP contribution in [0.2, 0.25) is 0 Å². The molecule has 0 atom stereocenters. The number of ketones is 1. The summed E-state index contributed by atoms with van der Waals surface area (Å²) in [6, 6.07) is 3.58. The summed E-state index contributed by atoms with van der Waals surface area (Å²) in [7, 11) is 0. The van der Waals surface area contributed by atoms with Crippen LogP contribution in [0.4, 0.5) is 4.79 Å². The van der Waals surface area contributed by atoms with Crippen LogP contribution in [0.5, 0.6) is 0 Å². The lowest BCUT2D eigenvalue weighted by Crippen LogP contribution is -2.33. The van der Waals surface area contributed by atoms with Crippen LogP contribution < -0.4 is 5.32 Å². The molecular weight excluding hydrogens is 300 g/mol. The number of unbranched alkanes of at least 4 members (excludes halogenated alkanes) is 1. The molecule has 0 aromatic carbocycles. The van der Waals surface area contributed by atoms with E-state index in [1.54, 1.807) is 18.3 Å². The molecule has 0 saturated carbocycles. The van der Waals surface area contributed by atoms with Gasteiger partial charge in [-0.05, 0) is 52.0 Å². The lowest BCUT2D eigenvalue weighted by atomic mass is 10.1. The second-order valence-electron chi connectivity index (χ2n) is 5.87. The maximum absolute atomic E-state index is 12.1. The molecule has 6 heteroatoms. The largest absolute Gasteiger partial charge is 0.444 e. The quantitative estimate of drug-likeness (QED) is 0.471. The lowest BCUT2D eigenvalue weighted by Gasteiger charge is -2.19. The zero-order valence-corrected chi connectivity index (χ0v) is 14.5. The number of alkyl carbamates (subject to hydrolysis) is 1. The molecule has 0 spiro atoms. The predicted octanol–water partition coefficient (Wildman–Crippen LogP) is 3.68. The number of Topliss-reactive ketones (excluding diaryl/α,β-unsaturated/α-hetero) is 1. The second kappa shape index (κ2) is 8.78. The van der Waals surface area contributed by atoms with Crippen LogP contribution in [0, 0.1) is 0 Å².